The molecule has 0 radical (unpaired) electrons. The molecule has 0 aromatic heterocycles. The Morgan fingerprint density at radius 1 is 1.23 bits per heavy atom. The number of carbonyl (C=O) groups is 2. The van der Waals surface area contributed by atoms with Crippen molar-refractivity contribution in [2.24, 2.45) is 0 Å². The summed E-state index contributed by atoms with van der Waals surface area (Å²) in [6.07, 6.45) is 3.48. The molecule has 0 aliphatic carbocycles. The van der Waals surface area contributed by atoms with Gasteiger partial charge in [0.2, 0.25) is 5.91 Å². The van der Waals surface area contributed by atoms with Crippen LogP contribution in [0.4, 0.5) is 8.78 Å². The maximum Gasteiger partial charge on any atom is 0.323 e. The number of hydrogen-bond donors (Lipinski definition) is 0. The second kappa shape index (κ2) is 8.12. The van der Waals surface area contributed by atoms with Gasteiger partial charge >= 0.3 is 5.97 Å². The van der Waals surface area contributed by atoms with E-state index in [9.17, 15) is 18.4 Å². The first-order valence-corrected chi connectivity index (χ1v) is 9.05. The fourth-order valence-electron chi connectivity index (χ4n) is 3.99. The zero-order valence-corrected chi connectivity index (χ0v) is 14.9. The quantitative estimate of drug-likeness (QED) is 0.769. The summed E-state index contributed by atoms with van der Waals surface area (Å²) in [6.45, 7) is 1.45. The predicted octanol–water partition coefficient (Wildman–Crippen LogP) is 2.48. The Hall–Kier alpha value is -2.02. The van der Waals surface area contributed by atoms with Crippen molar-refractivity contribution in [2.75, 3.05) is 20.2 Å². The SMILES string of the molecule is COC(=O)[C@@H]1CCCN1C1CCC(=O)N(Cc2ccc(F)cc2F)CC1. The summed E-state index contributed by atoms with van der Waals surface area (Å²) >= 11 is 0. The molecule has 1 unspecified atom stereocenters. The van der Waals surface area contributed by atoms with Crippen LogP contribution in [-0.2, 0) is 20.9 Å². The molecule has 0 bridgehead atoms. The van der Waals surface area contributed by atoms with Crippen molar-refractivity contribution in [2.45, 2.75) is 50.7 Å². The Bertz CT molecular complexity index is 683. The number of nitrogens with zero attached hydrogens (tertiary/aromatic N) is 2. The van der Waals surface area contributed by atoms with Crippen LogP contribution in [0.3, 0.4) is 0 Å². The standard InChI is InChI=1S/C19H24F2N2O3/c1-26-19(25)17-3-2-9-23(17)15-6-7-18(24)22(10-8-15)12-13-4-5-14(20)11-16(13)21/h4-5,11,15,17H,2-3,6-10,12H2,1H3/t15?,17-/m0/s1. The smallest absolute Gasteiger partial charge is 0.323 e. The number of halogens is 2. The van der Waals surface area contributed by atoms with Crippen molar-refractivity contribution in [3.05, 3.63) is 35.4 Å². The van der Waals surface area contributed by atoms with Gasteiger partial charge in [0.1, 0.15) is 17.7 Å². The molecule has 1 amide bonds. The van der Waals surface area contributed by atoms with Crippen molar-refractivity contribution < 1.29 is 23.1 Å². The summed E-state index contributed by atoms with van der Waals surface area (Å²) in [5, 5.41) is 0. The van der Waals surface area contributed by atoms with Gasteiger partial charge in [-0.3, -0.25) is 14.5 Å². The van der Waals surface area contributed by atoms with E-state index in [1.807, 2.05) is 0 Å². The lowest BCUT2D eigenvalue weighted by Crippen LogP contribution is -2.44. The van der Waals surface area contributed by atoms with Crippen molar-refractivity contribution in [1.82, 2.24) is 9.80 Å². The third kappa shape index (κ3) is 4.03. The molecule has 5 nitrogen and oxygen atoms in total. The van der Waals surface area contributed by atoms with Gasteiger partial charge in [0.15, 0.2) is 0 Å². The number of esters is 1. The summed E-state index contributed by atoms with van der Waals surface area (Å²) in [5.41, 5.74) is 0.312. The number of methoxy groups -OCH3 is 1. The highest BCUT2D eigenvalue weighted by molar-refractivity contribution is 5.77. The van der Waals surface area contributed by atoms with E-state index in [2.05, 4.69) is 4.90 Å². The van der Waals surface area contributed by atoms with Gasteiger partial charge in [-0.15, -0.1) is 0 Å². The zero-order valence-electron chi connectivity index (χ0n) is 14.9. The second-order valence-electron chi connectivity index (χ2n) is 6.95. The molecule has 0 spiro atoms. The topological polar surface area (TPSA) is 49.9 Å². The minimum Gasteiger partial charge on any atom is -0.468 e. The minimum absolute atomic E-state index is 0.0370. The lowest BCUT2D eigenvalue weighted by molar-refractivity contribution is -0.146. The van der Waals surface area contributed by atoms with Gasteiger partial charge in [0.05, 0.1) is 7.11 Å². The fourth-order valence-corrected chi connectivity index (χ4v) is 3.99. The summed E-state index contributed by atoms with van der Waals surface area (Å²) < 4.78 is 31.9. The van der Waals surface area contributed by atoms with Crippen LogP contribution >= 0.6 is 0 Å². The van der Waals surface area contributed by atoms with E-state index in [0.717, 1.165) is 31.9 Å². The monoisotopic (exact) mass is 366 g/mol. The highest BCUT2D eigenvalue weighted by Gasteiger charge is 2.37. The van der Waals surface area contributed by atoms with Gasteiger partial charge in [-0.2, -0.15) is 0 Å². The minimum atomic E-state index is -0.635. The number of benzene rings is 1. The van der Waals surface area contributed by atoms with Gasteiger partial charge in [0, 0.05) is 37.2 Å². The third-order valence-electron chi connectivity index (χ3n) is 5.39. The van der Waals surface area contributed by atoms with Crippen LogP contribution in [0.25, 0.3) is 0 Å². The Labute approximate surface area is 151 Å². The molecule has 2 heterocycles. The molecule has 0 N–H and O–H groups in total. The number of ether oxygens (including phenoxy) is 1. The first kappa shape index (κ1) is 18.8. The van der Waals surface area contributed by atoms with E-state index < -0.39 is 11.6 Å². The zero-order chi connectivity index (χ0) is 18.7. The summed E-state index contributed by atoms with van der Waals surface area (Å²) in [4.78, 5) is 28.2. The van der Waals surface area contributed by atoms with E-state index in [0.29, 0.717) is 24.9 Å². The third-order valence-corrected chi connectivity index (χ3v) is 5.39. The molecule has 2 fully saturated rings. The molecule has 2 atom stereocenters. The lowest BCUT2D eigenvalue weighted by atomic mass is 10.1. The largest absolute Gasteiger partial charge is 0.468 e. The van der Waals surface area contributed by atoms with Gasteiger partial charge in [-0.05, 0) is 38.3 Å². The first-order chi connectivity index (χ1) is 12.5. The Kier molecular flexibility index (Phi) is 5.86. The van der Waals surface area contributed by atoms with Gasteiger partial charge in [-0.25, -0.2) is 8.78 Å². The molecular weight excluding hydrogens is 342 g/mol. The van der Waals surface area contributed by atoms with E-state index in [-0.39, 0.29) is 30.5 Å². The van der Waals surface area contributed by atoms with Crippen molar-refractivity contribution in [1.29, 1.82) is 0 Å². The molecule has 26 heavy (non-hydrogen) atoms. The van der Waals surface area contributed by atoms with Crippen molar-refractivity contribution >= 4 is 11.9 Å². The first-order valence-electron chi connectivity index (χ1n) is 9.05. The highest BCUT2D eigenvalue weighted by atomic mass is 19.1. The van der Waals surface area contributed by atoms with Crippen LogP contribution in [0.2, 0.25) is 0 Å². The molecule has 3 rings (SSSR count). The Morgan fingerprint density at radius 2 is 2.04 bits per heavy atom. The molecule has 2 aliphatic heterocycles. The fraction of sp³-hybridized carbons (Fsp3) is 0.579. The van der Waals surface area contributed by atoms with Crippen LogP contribution in [0.1, 0.15) is 37.7 Å². The molecule has 7 heteroatoms. The predicted molar refractivity (Wildman–Crippen MR) is 91.2 cm³/mol. The number of likely N-dealkylation sites (tertiary alicyclic amines) is 2. The van der Waals surface area contributed by atoms with Crippen LogP contribution in [0.5, 0.6) is 0 Å². The Balaban J connectivity index is 1.66. The summed E-state index contributed by atoms with van der Waals surface area (Å²) in [5.74, 6) is -1.52. The van der Waals surface area contributed by atoms with Crippen LogP contribution in [0, 0.1) is 11.6 Å². The second-order valence-corrected chi connectivity index (χ2v) is 6.95. The normalized spacial score (nSPS) is 24.6. The summed E-state index contributed by atoms with van der Waals surface area (Å²) in [6, 6.07) is 3.32. The average molecular weight is 366 g/mol. The van der Waals surface area contributed by atoms with E-state index in [1.165, 1.54) is 19.2 Å². The number of hydrogen-bond acceptors (Lipinski definition) is 4. The van der Waals surface area contributed by atoms with E-state index in [1.54, 1.807) is 4.90 Å². The highest BCUT2D eigenvalue weighted by Crippen LogP contribution is 2.27. The molecular formula is C19H24F2N2O3. The van der Waals surface area contributed by atoms with Crippen molar-refractivity contribution in [3.8, 4) is 0 Å². The molecule has 0 saturated carbocycles. The van der Waals surface area contributed by atoms with Gasteiger partial charge in [0.25, 0.3) is 0 Å². The van der Waals surface area contributed by atoms with Gasteiger partial charge in [-0.1, -0.05) is 6.07 Å². The molecule has 2 aliphatic rings. The van der Waals surface area contributed by atoms with E-state index in [4.69, 9.17) is 4.74 Å². The van der Waals surface area contributed by atoms with Crippen molar-refractivity contribution in [3.63, 3.8) is 0 Å². The summed E-state index contributed by atoms with van der Waals surface area (Å²) in [7, 11) is 1.40. The van der Waals surface area contributed by atoms with Crippen LogP contribution in [0.15, 0.2) is 18.2 Å². The maximum absolute atomic E-state index is 13.9. The number of amides is 1. The molecule has 142 valence electrons. The molecule has 2 saturated heterocycles. The number of rotatable bonds is 4. The Morgan fingerprint density at radius 3 is 2.77 bits per heavy atom. The molecule has 1 aromatic carbocycles. The lowest BCUT2D eigenvalue weighted by Gasteiger charge is -2.31. The van der Waals surface area contributed by atoms with E-state index >= 15 is 0 Å². The maximum atomic E-state index is 13.9. The molecule has 1 aromatic rings. The van der Waals surface area contributed by atoms with Crippen LogP contribution in [-0.4, -0.2) is 54.0 Å². The van der Waals surface area contributed by atoms with Crippen LogP contribution < -0.4 is 0 Å². The van der Waals surface area contributed by atoms with Gasteiger partial charge < -0.3 is 9.64 Å². The number of carbonyl (C=O) groups excluding carboxylic acids is 2. The average Bonchev–Trinajstić information content (AvgIpc) is 3.04.